The second-order valence-corrected chi connectivity index (χ2v) is 7.87. The molecule has 0 atom stereocenters. The smallest absolute Gasteiger partial charge is 0.262 e. The van der Waals surface area contributed by atoms with E-state index in [4.69, 9.17) is 23.2 Å². The highest BCUT2D eigenvalue weighted by atomic mass is 35.5. The molecular formula is C25H18Cl2N2O2. The molecule has 3 aromatic carbocycles. The molecule has 0 aromatic heterocycles. The van der Waals surface area contributed by atoms with Crippen LogP contribution >= 0.6 is 23.2 Å². The summed E-state index contributed by atoms with van der Waals surface area (Å²) in [6.45, 7) is 1.45. The van der Waals surface area contributed by atoms with Crippen LogP contribution in [0.15, 0.2) is 84.4 Å². The number of carbonyl (C=O) groups excluding carboxylic acids is 2. The molecule has 0 saturated carbocycles. The van der Waals surface area contributed by atoms with Gasteiger partial charge in [0, 0.05) is 33.9 Å². The Bertz CT molecular complexity index is 1220. The number of nitrogens with one attached hydrogen (secondary N) is 1. The van der Waals surface area contributed by atoms with Crippen molar-refractivity contribution in [2.45, 2.75) is 6.92 Å². The lowest BCUT2D eigenvalue weighted by Crippen LogP contribution is -2.25. The zero-order valence-electron chi connectivity index (χ0n) is 16.6. The fraction of sp³-hybridized carbons (Fsp3) is 0.0400. The van der Waals surface area contributed by atoms with Crippen LogP contribution in [-0.2, 0) is 9.59 Å². The van der Waals surface area contributed by atoms with Crippen LogP contribution in [0.3, 0.4) is 0 Å². The number of amides is 2. The molecule has 154 valence electrons. The summed E-state index contributed by atoms with van der Waals surface area (Å²) >= 11 is 12.3. The van der Waals surface area contributed by atoms with Gasteiger partial charge in [0.2, 0.25) is 5.91 Å². The maximum absolute atomic E-state index is 13.4. The van der Waals surface area contributed by atoms with Crippen molar-refractivity contribution >= 4 is 58.2 Å². The van der Waals surface area contributed by atoms with Crippen molar-refractivity contribution < 1.29 is 9.59 Å². The third-order valence-electron chi connectivity index (χ3n) is 4.77. The van der Waals surface area contributed by atoms with Crippen molar-refractivity contribution in [2.75, 3.05) is 10.2 Å². The lowest BCUT2D eigenvalue weighted by Gasteiger charge is -2.21. The minimum atomic E-state index is -0.169. The van der Waals surface area contributed by atoms with Gasteiger partial charge in [0.15, 0.2) is 0 Å². The van der Waals surface area contributed by atoms with E-state index in [2.05, 4.69) is 5.32 Å². The highest BCUT2D eigenvalue weighted by Gasteiger charge is 2.30. The number of nitrogens with zero attached hydrogens (tertiary/aromatic N) is 1. The summed E-state index contributed by atoms with van der Waals surface area (Å²) in [5.74, 6) is -0.322. The summed E-state index contributed by atoms with van der Waals surface area (Å²) in [7, 11) is 0. The van der Waals surface area contributed by atoms with Gasteiger partial charge in [-0.05, 0) is 59.7 Å². The normalized spacial score (nSPS) is 14.7. The summed E-state index contributed by atoms with van der Waals surface area (Å²) in [6, 6.07) is 22.0. The van der Waals surface area contributed by atoms with Crippen LogP contribution in [0.2, 0.25) is 10.0 Å². The molecule has 4 rings (SSSR count). The summed E-state index contributed by atoms with van der Waals surface area (Å²) in [6.07, 6.45) is 3.61. The average molecular weight is 449 g/mol. The van der Waals surface area contributed by atoms with Crippen molar-refractivity contribution in [3.8, 4) is 0 Å². The van der Waals surface area contributed by atoms with Crippen LogP contribution < -0.4 is 10.2 Å². The average Bonchev–Trinajstić information content (AvgIpc) is 3.07. The highest BCUT2D eigenvalue weighted by Crippen LogP contribution is 2.36. The third-order valence-corrected chi connectivity index (χ3v) is 5.33. The molecule has 1 aliphatic rings. The molecule has 0 unspecified atom stereocenters. The number of hydrogen-bond acceptors (Lipinski definition) is 2. The van der Waals surface area contributed by atoms with Crippen molar-refractivity contribution in [1.82, 2.24) is 0 Å². The lowest BCUT2D eigenvalue weighted by atomic mass is 10.1. The molecule has 2 amide bonds. The van der Waals surface area contributed by atoms with E-state index in [1.54, 1.807) is 53.4 Å². The summed E-state index contributed by atoms with van der Waals surface area (Å²) < 4.78 is 0. The Labute approximate surface area is 190 Å². The second kappa shape index (κ2) is 8.80. The van der Waals surface area contributed by atoms with Crippen molar-refractivity contribution in [1.29, 1.82) is 0 Å². The molecule has 0 saturated heterocycles. The Morgan fingerprint density at radius 1 is 0.968 bits per heavy atom. The SMILES string of the molecule is CC(=O)Nc1ccc(N2C(=O)/C(=C/c3ccc(Cl)cc3Cl)C=C2c2ccccc2)cc1. The molecule has 31 heavy (non-hydrogen) atoms. The van der Waals surface area contributed by atoms with E-state index in [1.807, 2.05) is 36.4 Å². The van der Waals surface area contributed by atoms with Gasteiger partial charge >= 0.3 is 0 Å². The molecule has 0 spiro atoms. The maximum atomic E-state index is 13.4. The number of carbonyl (C=O) groups is 2. The Balaban J connectivity index is 1.77. The van der Waals surface area contributed by atoms with Crippen LogP contribution in [-0.4, -0.2) is 11.8 Å². The first kappa shape index (κ1) is 20.9. The summed E-state index contributed by atoms with van der Waals surface area (Å²) in [5.41, 5.74) is 4.24. The van der Waals surface area contributed by atoms with Crippen LogP contribution in [0, 0.1) is 0 Å². The molecule has 4 nitrogen and oxygen atoms in total. The van der Waals surface area contributed by atoms with Crippen LogP contribution in [0.25, 0.3) is 11.8 Å². The van der Waals surface area contributed by atoms with Gasteiger partial charge < -0.3 is 5.32 Å². The zero-order chi connectivity index (χ0) is 22.0. The molecule has 0 aliphatic carbocycles. The minimum Gasteiger partial charge on any atom is -0.326 e. The fourth-order valence-electron chi connectivity index (χ4n) is 3.38. The number of benzene rings is 3. The first-order valence-corrected chi connectivity index (χ1v) is 10.3. The Morgan fingerprint density at radius 2 is 1.68 bits per heavy atom. The summed E-state index contributed by atoms with van der Waals surface area (Å²) in [4.78, 5) is 26.4. The predicted molar refractivity (Wildman–Crippen MR) is 127 cm³/mol. The Morgan fingerprint density at radius 3 is 2.32 bits per heavy atom. The van der Waals surface area contributed by atoms with Crippen molar-refractivity contribution in [3.05, 3.63) is 106 Å². The topological polar surface area (TPSA) is 49.4 Å². The van der Waals surface area contributed by atoms with Crippen LogP contribution in [0.4, 0.5) is 11.4 Å². The third kappa shape index (κ3) is 4.55. The van der Waals surface area contributed by atoms with E-state index in [9.17, 15) is 9.59 Å². The van der Waals surface area contributed by atoms with Gasteiger partial charge in [-0.3, -0.25) is 14.5 Å². The molecule has 1 N–H and O–H groups in total. The lowest BCUT2D eigenvalue weighted by molar-refractivity contribution is -0.114. The first-order valence-electron chi connectivity index (χ1n) is 9.58. The largest absolute Gasteiger partial charge is 0.326 e. The van der Waals surface area contributed by atoms with E-state index < -0.39 is 0 Å². The minimum absolute atomic E-state index is 0.153. The molecule has 0 fully saturated rings. The Hall–Kier alpha value is -3.34. The van der Waals surface area contributed by atoms with Gasteiger partial charge in [-0.2, -0.15) is 0 Å². The molecular weight excluding hydrogens is 431 g/mol. The number of hydrogen-bond donors (Lipinski definition) is 1. The first-order chi connectivity index (χ1) is 14.9. The molecule has 1 heterocycles. The van der Waals surface area contributed by atoms with Crippen molar-refractivity contribution in [3.63, 3.8) is 0 Å². The zero-order valence-corrected chi connectivity index (χ0v) is 18.1. The molecule has 0 bridgehead atoms. The van der Waals surface area contributed by atoms with E-state index in [1.165, 1.54) is 6.92 Å². The fourth-order valence-corrected chi connectivity index (χ4v) is 3.84. The number of anilines is 2. The van der Waals surface area contributed by atoms with E-state index in [0.29, 0.717) is 32.6 Å². The van der Waals surface area contributed by atoms with Gasteiger partial charge in [0.05, 0.1) is 5.70 Å². The van der Waals surface area contributed by atoms with E-state index in [0.717, 1.165) is 11.3 Å². The van der Waals surface area contributed by atoms with Crippen molar-refractivity contribution in [2.24, 2.45) is 0 Å². The highest BCUT2D eigenvalue weighted by molar-refractivity contribution is 6.35. The van der Waals surface area contributed by atoms with Gasteiger partial charge in [-0.15, -0.1) is 0 Å². The maximum Gasteiger partial charge on any atom is 0.262 e. The predicted octanol–water partition coefficient (Wildman–Crippen LogP) is 6.42. The van der Waals surface area contributed by atoms with Crippen LogP contribution in [0.1, 0.15) is 18.1 Å². The van der Waals surface area contributed by atoms with Gasteiger partial charge in [-0.25, -0.2) is 0 Å². The van der Waals surface area contributed by atoms with E-state index >= 15 is 0 Å². The monoisotopic (exact) mass is 448 g/mol. The van der Waals surface area contributed by atoms with Gasteiger partial charge in [0.25, 0.3) is 5.91 Å². The number of halogens is 2. The number of rotatable bonds is 4. The molecule has 0 radical (unpaired) electrons. The molecule has 1 aliphatic heterocycles. The van der Waals surface area contributed by atoms with Gasteiger partial charge in [0.1, 0.15) is 0 Å². The molecule has 6 heteroatoms. The standard InChI is InChI=1S/C25H18Cl2N2O2/c1-16(30)28-21-9-11-22(12-10-21)29-24(17-5-3-2-4-6-17)14-19(25(29)31)13-18-7-8-20(26)15-23(18)27/h2-15H,1H3,(H,28,30)/b19-13+. The molecule has 3 aromatic rings. The van der Waals surface area contributed by atoms with E-state index in [-0.39, 0.29) is 11.8 Å². The second-order valence-electron chi connectivity index (χ2n) is 7.03. The quantitative estimate of drug-likeness (QED) is 0.467. The van der Waals surface area contributed by atoms with Crippen LogP contribution in [0.5, 0.6) is 0 Å². The summed E-state index contributed by atoms with van der Waals surface area (Å²) in [5, 5.41) is 3.74. The van der Waals surface area contributed by atoms with Gasteiger partial charge in [-0.1, -0.05) is 59.6 Å². The Kier molecular flexibility index (Phi) is 5.94.